The standard InChI is InChI=1S/C15H11Br/c16-15-13-9-5-4-8-12(13)10-14(15)11-6-2-1-3-7-11/h1-10,15H. The van der Waals surface area contributed by atoms with Crippen molar-refractivity contribution in [1.29, 1.82) is 0 Å². The van der Waals surface area contributed by atoms with Gasteiger partial charge in [0.25, 0.3) is 0 Å². The highest BCUT2D eigenvalue weighted by Gasteiger charge is 2.22. The van der Waals surface area contributed by atoms with Crippen LogP contribution in [0.2, 0.25) is 0 Å². The van der Waals surface area contributed by atoms with E-state index < -0.39 is 0 Å². The molecule has 0 spiro atoms. The molecule has 3 rings (SSSR count). The first-order chi connectivity index (χ1) is 7.86. The molecule has 1 atom stereocenters. The summed E-state index contributed by atoms with van der Waals surface area (Å²) < 4.78 is 0. The summed E-state index contributed by atoms with van der Waals surface area (Å²) in [6.45, 7) is 0. The minimum atomic E-state index is 0.325. The number of allylic oxidation sites excluding steroid dienone is 1. The number of halogens is 1. The molecule has 1 aliphatic rings. The van der Waals surface area contributed by atoms with Crippen LogP contribution in [0.3, 0.4) is 0 Å². The first kappa shape index (κ1) is 9.86. The van der Waals surface area contributed by atoms with Crippen LogP contribution in [0, 0.1) is 0 Å². The fourth-order valence-electron chi connectivity index (χ4n) is 2.14. The first-order valence-corrected chi connectivity index (χ1v) is 6.28. The third-order valence-corrected chi connectivity index (χ3v) is 3.95. The quantitative estimate of drug-likeness (QED) is 0.661. The monoisotopic (exact) mass is 270 g/mol. The lowest BCUT2D eigenvalue weighted by atomic mass is 10.0. The molecule has 0 N–H and O–H groups in total. The van der Waals surface area contributed by atoms with E-state index in [0.717, 1.165) is 0 Å². The number of rotatable bonds is 1. The maximum Gasteiger partial charge on any atom is 0.0656 e. The van der Waals surface area contributed by atoms with Crippen molar-refractivity contribution in [3.05, 3.63) is 71.3 Å². The molecule has 16 heavy (non-hydrogen) atoms. The molecule has 2 aromatic carbocycles. The average molecular weight is 271 g/mol. The second-order valence-electron chi connectivity index (χ2n) is 3.96. The molecule has 78 valence electrons. The van der Waals surface area contributed by atoms with Crippen LogP contribution in [0.4, 0.5) is 0 Å². The number of benzene rings is 2. The minimum absolute atomic E-state index is 0.325. The fraction of sp³-hybridized carbons (Fsp3) is 0.0667. The van der Waals surface area contributed by atoms with Crippen LogP contribution in [-0.4, -0.2) is 0 Å². The van der Waals surface area contributed by atoms with Crippen LogP contribution in [0.15, 0.2) is 54.6 Å². The van der Waals surface area contributed by atoms with E-state index in [1.54, 1.807) is 0 Å². The van der Waals surface area contributed by atoms with Gasteiger partial charge in [0.15, 0.2) is 0 Å². The van der Waals surface area contributed by atoms with E-state index in [4.69, 9.17) is 0 Å². The molecule has 0 radical (unpaired) electrons. The smallest absolute Gasteiger partial charge is 0.0656 e. The summed E-state index contributed by atoms with van der Waals surface area (Å²) in [5.74, 6) is 0. The molecule has 1 aliphatic carbocycles. The summed E-state index contributed by atoms with van der Waals surface area (Å²) >= 11 is 3.77. The van der Waals surface area contributed by atoms with E-state index >= 15 is 0 Å². The molecule has 0 heterocycles. The predicted molar refractivity (Wildman–Crippen MR) is 72.4 cm³/mol. The number of fused-ring (bicyclic) bond motifs is 1. The van der Waals surface area contributed by atoms with Crippen LogP contribution in [0.25, 0.3) is 11.6 Å². The summed E-state index contributed by atoms with van der Waals surface area (Å²) in [4.78, 5) is 0.325. The van der Waals surface area contributed by atoms with Crippen molar-refractivity contribution in [1.82, 2.24) is 0 Å². The average Bonchev–Trinajstić information content (AvgIpc) is 2.69. The Bertz CT molecular complexity index is 540. The Kier molecular flexibility index (Phi) is 2.41. The van der Waals surface area contributed by atoms with Crippen LogP contribution in [-0.2, 0) is 0 Å². The maximum atomic E-state index is 3.77. The molecule has 0 aliphatic heterocycles. The van der Waals surface area contributed by atoms with Crippen molar-refractivity contribution in [2.24, 2.45) is 0 Å². The van der Waals surface area contributed by atoms with E-state index in [9.17, 15) is 0 Å². The Hall–Kier alpha value is -1.34. The highest BCUT2D eigenvalue weighted by Crippen LogP contribution is 2.45. The summed E-state index contributed by atoms with van der Waals surface area (Å²) in [6.07, 6.45) is 2.27. The van der Waals surface area contributed by atoms with Gasteiger partial charge in [0, 0.05) is 0 Å². The molecule has 0 aromatic heterocycles. The van der Waals surface area contributed by atoms with Gasteiger partial charge in [0.05, 0.1) is 4.83 Å². The van der Waals surface area contributed by atoms with Gasteiger partial charge in [0.1, 0.15) is 0 Å². The van der Waals surface area contributed by atoms with Gasteiger partial charge >= 0.3 is 0 Å². The summed E-state index contributed by atoms with van der Waals surface area (Å²) in [5.41, 5.74) is 5.33. The third kappa shape index (κ3) is 1.52. The summed E-state index contributed by atoms with van der Waals surface area (Å²) in [6, 6.07) is 19.1. The van der Waals surface area contributed by atoms with E-state index in [2.05, 4.69) is 76.6 Å². The van der Waals surface area contributed by atoms with Crippen molar-refractivity contribution in [2.75, 3.05) is 0 Å². The van der Waals surface area contributed by atoms with Crippen LogP contribution in [0.5, 0.6) is 0 Å². The van der Waals surface area contributed by atoms with Gasteiger partial charge in [0.2, 0.25) is 0 Å². The van der Waals surface area contributed by atoms with Crippen molar-refractivity contribution >= 4 is 27.6 Å². The molecule has 0 amide bonds. The molecule has 0 bridgehead atoms. The van der Waals surface area contributed by atoms with Gasteiger partial charge in [-0.05, 0) is 28.3 Å². The molecule has 0 fully saturated rings. The maximum absolute atomic E-state index is 3.77. The largest absolute Gasteiger partial charge is 0.0786 e. The van der Waals surface area contributed by atoms with Gasteiger partial charge in [-0.1, -0.05) is 70.5 Å². The number of alkyl halides is 1. The van der Waals surface area contributed by atoms with Crippen LogP contribution in [0.1, 0.15) is 21.5 Å². The lowest BCUT2D eigenvalue weighted by Crippen LogP contribution is -1.89. The van der Waals surface area contributed by atoms with Gasteiger partial charge in [-0.15, -0.1) is 0 Å². The third-order valence-electron chi connectivity index (χ3n) is 2.96. The normalized spacial score (nSPS) is 18.1. The predicted octanol–water partition coefficient (Wildman–Crippen LogP) is 4.68. The van der Waals surface area contributed by atoms with Gasteiger partial charge in [-0.3, -0.25) is 0 Å². The summed E-state index contributed by atoms with van der Waals surface area (Å²) in [5, 5.41) is 0. The Morgan fingerprint density at radius 3 is 2.25 bits per heavy atom. The second-order valence-corrected chi connectivity index (χ2v) is 4.87. The van der Waals surface area contributed by atoms with Crippen molar-refractivity contribution in [3.8, 4) is 0 Å². The first-order valence-electron chi connectivity index (χ1n) is 5.36. The van der Waals surface area contributed by atoms with Gasteiger partial charge in [-0.25, -0.2) is 0 Å². The highest BCUT2D eigenvalue weighted by atomic mass is 79.9. The molecule has 0 saturated carbocycles. The fourth-order valence-corrected chi connectivity index (χ4v) is 2.96. The zero-order chi connectivity index (χ0) is 11.0. The molecule has 2 aromatic rings. The Morgan fingerprint density at radius 1 is 0.812 bits per heavy atom. The number of hydrogen-bond acceptors (Lipinski definition) is 0. The molecule has 0 nitrogen and oxygen atoms in total. The van der Waals surface area contributed by atoms with Gasteiger partial charge in [-0.2, -0.15) is 0 Å². The molecular weight excluding hydrogens is 260 g/mol. The van der Waals surface area contributed by atoms with Crippen molar-refractivity contribution < 1.29 is 0 Å². The Balaban J connectivity index is 2.09. The zero-order valence-corrected chi connectivity index (χ0v) is 10.3. The lowest BCUT2D eigenvalue weighted by Gasteiger charge is -2.09. The van der Waals surface area contributed by atoms with Crippen molar-refractivity contribution in [3.63, 3.8) is 0 Å². The SMILES string of the molecule is BrC1C(c2ccccc2)=Cc2ccccc21. The highest BCUT2D eigenvalue weighted by molar-refractivity contribution is 9.09. The Morgan fingerprint density at radius 2 is 1.50 bits per heavy atom. The summed E-state index contributed by atoms with van der Waals surface area (Å²) in [7, 11) is 0. The van der Waals surface area contributed by atoms with Gasteiger partial charge < -0.3 is 0 Å². The number of hydrogen-bond donors (Lipinski definition) is 0. The van der Waals surface area contributed by atoms with E-state index in [1.165, 1.54) is 22.3 Å². The second kappa shape index (κ2) is 3.91. The molecule has 0 saturated heterocycles. The molecule has 1 unspecified atom stereocenters. The minimum Gasteiger partial charge on any atom is -0.0786 e. The Labute approximate surface area is 104 Å². The van der Waals surface area contributed by atoms with Crippen LogP contribution >= 0.6 is 15.9 Å². The van der Waals surface area contributed by atoms with Crippen molar-refractivity contribution in [2.45, 2.75) is 4.83 Å². The van der Waals surface area contributed by atoms with Crippen LogP contribution < -0.4 is 0 Å². The molecule has 1 heteroatoms. The van der Waals surface area contributed by atoms with E-state index in [0.29, 0.717) is 4.83 Å². The van der Waals surface area contributed by atoms with E-state index in [1.807, 2.05) is 0 Å². The van der Waals surface area contributed by atoms with E-state index in [-0.39, 0.29) is 0 Å². The zero-order valence-electron chi connectivity index (χ0n) is 8.73. The topological polar surface area (TPSA) is 0 Å². The molecular formula is C15H11Br. The lowest BCUT2D eigenvalue weighted by molar-refractivity contribution is 1.30.